The highest BCUT2D eigenvalue weighted by atomic mass is 32.2. The van der Waals surface area contributed by atoms with E-state index in [2.05, 4.69) is 9.97 Å². The van der Waals surface area contributed by atoms with Crippen molar-refractivity contribution in [1.82, 2.24) is 9.97 Å². The van der Waals surface area contributed by atoms with Gasteiger partial charge in [-0.25, -0.2) is 4.98 Å². The van der Waals surface area contributed by atoms with Crippen molar-refractivity contribution in [2.45, 2.75) is 4.90 Å². The third-order valence-electron chi connectivity index (χ3n) is 3.37. The average Bonchev–Trinajstić information content (AvgIpc) is 2.61. The standard InChI is InChI=1S/C18H13N3O2S/c19-10-14(16(22)11-24-12-6-2-1-3-7-12)17-20-15-9-5-4-8-13(15)18(23)21-17/h1-9,22H,11H2,(H,20,21,23). The maximum Gasteiger partial charge on any atom is 0.259 e. The number of hydrogen-bond donors (Lipinski definition) is 2. The molecule has 0 bridgehead atoms. The molecular formula is C18H13N3O2S. The number of aromatic amines is 1. The Kier molecular flexibility index (Phi) is 4.64. The third-order valence-corrected chi connectivity index (χ3v) is 4.39. The van der Waals surface area contributed by atoms with E-state index in [9.17, 15) is 15.2 Å². The molecule has 0 unspecified atom stereocenters. The first-order chi connectivity index (χ1) is 11.7. The van der Waals surface area contributed by atoms with E-state index in [1.54, 1.807) is 24.3 Å². The third kappa shape index (κ3) is 3.31. The number of aliphatic hydroxyl groups excluding tert-OH is 1. The molecule has 5 nitrogen and oxygen atoms in total. The van der Waals surface area contributed by atoms with E-state index in [-0.39, 0.29) is 28.5 Å². The lowest BCUT2D eigenvalue weighted by atomic mass is 10.2. The smallest absolute Gasteiger partial charge is 0.259 e. The van der Waals surface area contributed by atoms with Crippen LogP contribution >= 0.6 is 11.8 Å². The van der Waals surface area contributed by atoms with Crippen LogP contribution < -0.4 is 5.56 Å². The largest absolute Gasteiger partial charge is 0.510 e. The van der Waals surface area contributed by atoms with Gasteiger partial charge in [-0.2, -0.15) is 5.26 Å². The molecule has 0 aliphatic carbocycles. The molecule has 0 fully saturated rings. The topological polar surface area (TPSA) is 89.8 Å². The monoisotopic (exact) mass is 335 g/mol. The number of nitrogens with one attached hydrogen (secondary N) is 1. The number of hydrogen-bond acceptors (Lipinski definition) is 5. The summed E-state index contributed by atoms with van der Waals surface area (Å²) in [5.41, 5.74) is 0.112. The van der Waals surface area contributed by atoms with Crippen LogP contribution in [0.4, 0.5) is 0 Å². The molecule has 2 N–H and O–H groups in total. The highest BCUT2D eigenvalue weighted by Crippen LogP contribution is 2.23. The van der Waals surface area contributed by atoms with Gasteiger partial charge in [0.15, 0.2) is 5.82 Å². The van der Waals surface area contributed by atoms with E-state index in [4.69, 9.17) is 0 Å². The average molecular weight is 335 g/mol. The van der Waals surface area contributed by atoms with Crippen LogP contribution in [-0.2, 0) is 0 Å². The van der Waals surface area contributed by atoms with Gasteiger partial charge in [-0.1, -0.05) is 30.3 Å². The van der Waals surface area contributed by atoms with Crippen molar-refractivity contribution in [1.29, 1.82) is 5.26 Å². The number of H-pyrrole nitrogens is 1. The molecule has 118 valence electrons. The first-order valence-corrected chi connectivity index (χ1v) is 8.17. The fourth-order valence-electron chi connectivity index (χ4n) is 2.20. The van der Waals surface area contributed by atoms with Crippen molar-refractivity contribution in [3.05, 3.63) is 76.5 Å². The van der Waals surface area contributed by atoms with Gasteiger partial charge >= 0.3 is 0 Å². The summed E-state index contributed by atoms with van der Waals surface area (Å²) in [7, 11) is 0. The van der Waals surface area contributed by atoms with Crippen molar-refractivity contribution in [2.24, 2.45) is 0 Å². The number of benzene rings is 2. The Morgan fingerprint density at radius 1 is 1.17 bits per heavy atom. The quantitative estimate of drug-likeness (QED) is 0.433. The molecule has 3 rings (SSSR count). The Balaban J connectivity index is 1.95. The first kappa shape index (κ1) is 15.8. The van der Waals surface area contributed by atoms with Crippen molar-refractivity contribution in [2.75, 3.05) is 5.75 Å². The van der Waals surface area contributed by atoms with Gasteiger partial charge in [0.05, 0.1) is 16.7 Å². The van der Waals surface area contributed by atoms with E-state index in [0.29, 0.717) is 10.9 Å². The van der Waals surface area contributed by atoms with Gasteiger partial charge < -0.3 is 10.1 Å². The molecule has 0 spiro atoms. The lowest BCUT2D eigenvalue weighted by molar-refractivity contribution is 0.420. The van der Waals surface area contributed by atoms with Gasteiger partial charge in [0.25, 0.3) is 5.56 Å². The van der Waals surface area contributed by atoms with Gasteiger partial charge in [0, 0.05) is 4.90 Å². The summed E-state index contributed by atoms with van der Waals surface area (Å²) in [6.45, 7) is 0. The summed E-state index contributed by atoms with van der Waals surface area (Å²) in [6.07, 6.45) is 0. The normalized spacial score (nSPS) is 11.8. The Bertz CT molecular complexity index is 1000. The predicted molar refractivity (Wildman–Crippen MR) is 94.7 cm³/mol. The van der Waals surface area contributed by atoms with Crippen molar-refractivity contribution >= 4 is 28.2 Å². The fourth-order valence-corrected chi connectivity index (χ4v) is 3.00. The molecule has 0 aliphatic heterocycles. The number of nitriles is 1. The molecule has 0 atom stereocenters. The summed E-state index contributed by atoms with van der Waals surface area (Å²) in [5.74, 6) is 0.167. The molecule has 2 aromatic carbocycles. The molecule has 0 saturated carbocycles. The minimum Gasteiger partial charge on any atom is -0.510 e. The molecule has 0 aliphatic rings. The first-order valence-electron chi connectivity index (χ1n) is 7.18. The number of aliphatic hydroxyl groups is 1. The van der Waals surface area contributed by atoms with Crippen LogP contribution in [-0.4, -0.2) is 20.8 Å². The summed E-state index contributed by atoms with van der Waals surface area (Å²) < 4.78 is 0. The minimum absolute atomic E-state index is 0.0266. The molecule has 0 radical (unpaired) electrons. The zero-order chi connectivity index (χ0) is 16.9. The Hall–Kier alpha value is -3.04. The summed E-state index contributed by atoms with van der Waals surface area (Å²) >= 11 is 1.40. The highest BCUT2D eigenvalue weighted by Gasteiger charge is 2.13. The van der Waals surface area contributed by atoms with Crippen LogP contribution in [0.1, 0.15) is 5.82 Å². The molecule has 24 heavy (non-hydrogen) atoms. The fraction of sp³-hybridized carbons (Fsp3) is 0.0556. The van der Waals surface area contributed by atoms with Crippen molar-refractivity contribution < 1.29 is 5.11 Å². The van der Waals surface area contributed by atoms with E-state index < -0.39 is 0 Å². The Morgan fingerprint density at radius 3 is 2.62 bits per heavy atom. The van der Waals surface area contributed by atoms with Gasteiger partial charge in [-0.05, 0) is 24.3 Å². The number of nitrogens with zero attached hydrogens (tertiary/aromatic N) is 2. The van der Waals surface area contributed by atoms with E-state index in [1.807, 2.05) is 36.4 Å². The zero-order valence-electron chi connectivity index (χ0n) is 12.6. The summed E-state index contributed by atoms with van der Waals surface area (Å²) in [6, 6.07) is 18.3. The van der Waals surface area contributed by atoms with Crippen LogP contribution in [0.3, 0.4) is 0 Å². The maximum absolute atomic E-state index is 12.1. The molecular weight excluding hydrogens is 322 g/mol. The zero-order valence-corrected chi connectivity index (χ0v) is 13.4. The van der Waals surface area contributed by atoms with Crippen molar-refractivity contribution in [3.63, 3.8) is 0 Å². The molecule has 1 aromatic heterocycles. The molecule has 0 saturated heterocycles. The Morgan fingerprint density at radius 2 is 1.88 bits per heavy atom. The van der Waals surface area contributed by atoms with Gasteiger partial charge in [0.2, 0.25) is 0 Å². The second-order valence-electron chi connectivity index (χ2n) is 4.97. The second kappa shape index (κ2) is 7.02. The number of allylic oxidation sites excluding steroid dienone is 1. The molecule has 3 aromatic rings. The number of fused-ring (bicyclic) bond motifs is 1. The number of para-hydroxylation sites is 1. The lowest BCUT2D eigenvalue weighted by Gasteiger charge is -2.05. The second-order valence-corrected chi connectivity index (χ2v) is 6.02. The molecule has 1 heterocycles. The van der Waals surface area contributed by atoms with Crippen LogP contribution in [0.5, 0.6) is 0 Å². The van der Waals surface area contributed by atoms with Crippen LogP contribution in [0.15, 0.2) is 70.0 Å². The molecule has 6 heteroatoms. The van der Waals surface area contributed by atoms with E-state index >= 15 is 0 Å². The SMILES string of the molecule is N#CC(=C(O)CSc1ccccc1)c1nc2ccccc2c(=O)[nH]1. The van der Waals surface area contributed by atoms with Crippen LogP contribution in [0.25, 0.3) is 16.5 Å². The highest BCUT2D eigenvalue weighted by molar-refractivity contribution is 7.99. The number of thioether (sulfide) groups is 1. The molecule has 0 amide bonds. The van der Waals surface area contributed by atoms with Crippen LogP contribution in [0, 0.1) is 11.3 Å². The maximum atomic E-state index is 12.1. The number of aromatic nitrogens is 2. The number of rotatable bonds is 4. The van der Waals surface area contributed by atoms with Gasteiger partial charge in [-0.3, -0.25) is 4.79 Å². The van der Waals surface area contributed by atoms with Gasteiger partial charge in [0.1, 0.15) is 17.4 Å². The predicted octanol–water partition coefficient (Wildman–Crippen LogP) is 3.51. The van der Waals surface area contributed by atoms with Crippen molar-refractivity contribution in [3.8, 4) is 6.07 Å². The van der Waals surface area contributed by atoms with E-state index in [1.165, 1.54) is 11.8 Å². The van der Waals surface area contributed by atoms with Gasteiger partial charge in [-0.15, -0.1) is 11.8 Å². The summed E-state index contributed by atoms with van der Waals surface area (Å²) in [4.78, 5) is 19.9. The van der Waals surface area contributed by atoms with Crippen LogP contribution in [0.2, 0.25) is 0 Å². The summed E-state index contributed by atoms with van der Waals surface area (Å²) in [5, 5.41) is 20.1. The lowest BCUT2D eigenvalue weighted by Crippen LogP contribution is -2.12. The minimum atomic E-state index is -0.341. The Labute approximate surface area is 142 Å². The van der Waals surface area contributed by atoms with E-state index in [0.717, 1.165) is 4.90 Å².